The predicted octanol–water partition coefficient (Wildman–Crippen LogP) is 13.3. The molecule has 0 aliphatic carbocycles. The maximum absolute atomic E-state index is 13.0. The molecule has 0 aromatic rings. The van der Waals surface area contributed by atoms with Crippen molar-refractivity contribution in [3.63, 3.8) is 0 Å². The molecular formula is C73H132Na2O17P2. The van der Waals surface area contributed by atoms with E-state index in [2.05, 4.69) is 76.3 Å². The van der Waals surface area contributed by atoms with Gasteiger partial charge in [0.1, 0.15) is 19.3 Å². The summed E-state index contributed by atoms with van der Waals surface area (Å²) in [7, 11) is -10.5. The molecule has 0 saturated heterocycles. The Bertz CT molecular complexity index is 1820. The van der Waals surface area contributed by atoms with Crippen LogP contribution in [-0.4, -0.2) is 86.9 Å². The summed E-state index contributed by atoms with van der Waals surface area (Å²) in [6, 6.07) is 0. The number of rotatable bonds is 70. The molecule has 0 fully saturated rings. The van der Waals surface area contributed by atoms with Crippen LogP contribution in [0.3, 0.4) is 0 Å². The molecule has 0 aromatic heterocycles. The molecule has 0 aromatic carbocycles. The van der Waals surface area contributed by atoms with Crippen molar-refractivity contribution in [3.8, 4) is 0 Å². The first-order chi connectivity index (χ1) is 44.7. The zero-order valence-electron chi connectivity index (χ0n) is 60.4. The number of allylic oxidation sites excluding steroid dienone is 8. The van der Waals surface area contributed by atoms with Crippen LogP contribution in [0.15, 0.2) is 48.6 Å². The number of esters is 4. The monoisotopic (exact) mass is 1390 g/mol. The topological polar surface area (TPSA) is 243 Å². The minimum atomic E-state index is -5.23. The van der Waals surface area contributed by atoms with E-state index < -0.39 is 97.5 Å². The van der Waals surface area contributed by atoms with Gasteiger partial charge in [-0.2, -0.15) is 0 Å². The normalized spacial score (nSPS) is 14.0. The Morgan fingerprint density at radius 3 is 0.755 bits per heavy atom. The van der Waals surface area contributed by atoms with Crippen molar-refractivity contribution in [1.29, 1.82) is 0 Å². The number of hydrogen-bond acceptors (Lipinski definition) is 17. The molecule has 2 unspecified atom stereocenters. The maximum atomic E-state index is 13.0. The molecule has 4 atom stereocenters. The first kappa shape index (κ1) is 97.2. The van der Waals surface area contributed by atoms with E-state index >= 15 is 0 Å². The van der Waals surface area contributed by atoms with Gasteiger partial charge in [0.25, 0.3) is 15.6 Å². The van der Waals surface area contributed by atoms with E-state index in [4.69, 9.17) is 37.0 Å². The summed E-state index contributed by atoms with van der Waals surface area (Å²) >= 11 is 0. The van der Waals surface area contributed by atoms with Crippen LogP contribution in [0.25, 0.3) is 0 Å². The Morgan fingerprint density at radius 2 is 0.511 bits per heavy atom. The number of carbonyl (C=O) groups is 4. The second kappa shape index (κ2) is 73.2. The molecule has 21 heteroatoms. The average Bonchev–Trinajstić information content (AvgIpc) is 3.74. The molecule has 0 aliphatic heterocycles. The molecule has 0 aliphatic rings. The number of ether oxygens (including phenoxy) is 4. The first-order valence-corrected chi connectivity index (χ1v) is 39.8. The Hall–Kier alpha value is -0.980. The van der Waals surface area contributed by atoms with E-state index in [0.717, 1.165) is 154 Å². The fourth-order valence-corrected chi connectivity index (χ4v) is 11.6. The summed E-state index contributed by atoms with van der Waals surface area (Å²) in [5.74, 6) is -2.28. The number of unbranched alkanes of at least 4 members (excludes halogenated alkanes) is 36. The van der Waals surface area contributed by atoms with E-state index in [-0.39, 0.29) is 84.8 Å². The minimum Gasteiger partial charge on any atom is -0.756 e. The standard InChI is InChI=1S/C73H134O17P2.2Na/c1-5-9-13-17-21-25-29-33-37-41-45-49-53-57-70(75)83-63-68(89-72(77)59-55-51-47-43-39-35-31-27-23-19-15-11-7-3)65-87-91(79,80)85-61-67(74)62-86-92(81,82)88-66-69(90-73(78)60-56-52-48-44-40-36-32-28-24-20-16-12-8-4)64-84-71(76)58-54-50-46-42-38-34-30-26-22-18-14-10-6-2;;/h25-32,67-69,74H,5-24,33-66H2,1-4H3,(H,79,80)(H,81,82);;/q;2*+1/p-2/b29-25-,30-26-,31-27-,32-28-;;/t68-,69-;;/m1../s1. The molecule has 0 spiro atoms. The Morgan fingerprint density at radius 1 is 0.309 bits per heavy atom. The van der Waals surface area contributed by atoms with Crippen LogP contribution in [-0.2, 0) is 65.4 Å². The molecule has 0 amide bonds. The van der Waals surface area contributed by atoms with Crippen LogP contribution >= 0.6 is 15.6 Å². The largest absolute Gasteiger partial charge is 1.00 e. The second-order valence-electron chi connectivity index (χ2n) is 24.8. The molecule has 0 heterocycles. The number of phosphoric ester groups is 2. The van der Waals surface area contributed by atoms with E-state index in [1.54, 1.807) is 0 Å². The molecule has 0 saturated carbocycles. The fourth-order valence-electron chi connectivity index (χ4n) is 10.0. The van der Waals surface area contributed by atoms with Crippen molar-refractivity contribution >= 4 is 39.5 Å². The number of aliphatic hydroxyl groups excluding tert-OH is 1. The number of phosphoric acid groups is 2. The van der Waals surface area contributed by atoms with Crippen LogP contribution in [0.5, 0.6) is 0 Å². The average molecular weight is 1390 g/mol. The maximum Gasteiger partial charge on any atom is 1.00 e. The van der Waals surface area contributed by atoms with Crippen molar-refractivity contribution in [2.24, 2.45) is 0 Å². The van der Waals surface area contributed by atoms with Crippen LogP contribution in [0.2, 0.25) is 0 Å². The number of hydrogen-bond donors (Lipinski definition) is 1. The van der Waals surface area contributed by atoms with Crippen LogP contribution in [0, 0.1) is 0 Å². The van der Waals surface area contributed by atoms with Gasteiger partial charge in [-0.1, -0.05) is 230 Å². The van der Waals surface area contributed by atoms with Crippen molar-refractivity contribution in [2.75, 3.05) is 39.6 Å². The van der Waals surface area contributed by atoms with Gasteiger partial charge in [-0.25, -0.2) is 0 Å². The number of aliphatic hydroxyl groups is 1. The quantitative estimate of drug-likeness (QED) is 0.0149. The van der Waals surface area contributed by atoms with E-state index in [1.807, 2.05) is 0 Å². The SMILES string of the molecule is CCCCCC/C=C\CCCCCCCC(=O)OC[C@H](COP(=O)([O-])OCC(O)COP(=O)([O-])OC[C@@H](COC(=O)CCCCCCC/C=C\CCCCCC)OC(=O)CCCCCCC/C=C\CCCCCC)OC(=O)CCCCCCC/C=C\CCCCCC.[Na+].[Na+]. The molecule has 0 rings (SSSR count). The Balaban J connectivity index is -0.0000414. The molecule has 538 valence electrons. The van der Waals surface area contributed by atoms with Gasteiger partial charge in [-0.05, 0) is 128 Å². The first-order valence-electron chi connectivity index (χ1n) is 36.8. The summed E-state index contributed by atoms with van der Waals surface area (Å²) < 4.78 is 67.4. The summed E-state index contributed by atoms with van der Waals surface area (Å²) in [6.07, 6.45) is 60.4. The second-order valence-corrected chi connectivity index (χ2v) is 27.7. The van der Waals surface area contributed by atoms with Crippen LogP contribution in [0.1, 0.15) is 336 Å². The van der Waals surface area contributed by atoms with Gasteiger partial charge in [0.15, 0.2) is 12.2 Å². The molecular weight excluding hydrogens is 1260 g/mol. The molecule has 0 radical (unpaired) electrons. The van der Waals surface area contributed by atoms with Gasteiger partial charge in [-0.3, -0.25) is 28.3 Å². The molecule has 17 nitrogen and oxygen atoms in total. The smallest absolute Gasteiger partial charge is 0.756 e. The Labute approximate surface area is 616 Å². The van der Waals surface area contributed by atoms with Gasteiger partial charge in [-0.15, -0.1) is 0 Å². The van der Waals surface area contributed by atoms with Gasteiger partial charge in [0.05, 0.1) is 26.4 Å². The van der Waals surface area contributed by atoms with Crippen molar-refractivity contribution in [3.05, 3.63) is 48.6 Å². The van der Waals surface area contributed by atoms with Gasteiger partial charge in [0, 0.05) is 25.7 Å². The van der Waals surface area contributed by atoms with Crippen molar-refractivity contribution in [2.45, 2.75) is 354 Å². The summed E-state index contributed by atoms with van der Waals surface area (Å²) in [5.41, 5.74) is 0. The zero-order valence-corrected chi connectivity index (χ0v) is 66.2. The third-order valence-electron chi connectivity index (χ3n) is 15.7. The molecule has 1 N–H and O–H groups in total. The third kappa shape index (κ3) is 72.3. The Kier molecular flexibility index (Phi) is 75.7. The van der Waals surface area contributed by atoms with Crippen LogP contribution < -0.4 is 68.9 Å². The third-order valence-corrected chi connectivity index (χ3v) is 17.6. The molecule has 94 heavy (non-hydrogen) atoms. The van der Waals surface area contributed by atoms with Crippen molar-refractivity contribution < 1.29 is 139 Å². The van der Waals surface area contributed by atoms with Gasteiger partial charge >= 0.3 is 83.0 Å². The van der Waals surface area contributed by atoms with Crippen LogP contribution in [0.4, 0.5) is 0 Å². The zero-order chi connectivity index (χ0) is 67.5. The van der Waals surface area contributed by atoms with E-state index in [9.17, 15) is 43.2 Å². The van der Waals surface area contributed by atoms with Gasteiger partial charge < -0.3 is 51.9 Å². The summed E-state index contributed by atoms with van der Waals surface area (Å²) in [4.78, 5) is 77.2. The fraction of sp³-hybridized carbons (Fsp3) is 0.836. The number of carbonyl (C=O) groups excluding carboxylic acids is 4. The van der Waals surface area contributed by atoms with Crippen molar-refractivity contribution in [1.82, 2.24) is 0 Å². The predicted molar refractivity (Wildman–Crippen MR) is 368 cm³/mol. The summed E-state index contributed by atoms with van der Waals surface area (Å²) in [5, 5.41) is 10.5. The van der Waals surface area contributed by atoms with Gasteiger partial charge in [0.2, 0.25) is 0 Å². The van der Waals surface area contributed by atoms with E-state index in [1.165, 1.54) is 103 Å². The van der Waals surface area contributed by atoms with E-state index in [0.29, 0.717) is 25.7 Å². The summed E-state index contributed by atoms with van der Waals surface area (Å²) in [6.45, 7) is 4.40. The molecule has 0 bridgehead atoms. The minimum absolute atomic E-state index is 0.